The zero-order chi connectivity index (χ0) is 26.4. The van der Waals surface area contributed by atoms with Crippen molar-refractivity contribution in [1.82, 2.24) is 16.0 Å². The summed E-state index contributed by atoms with van der Waals surface area (Å²) >= 11 is 1.47. The monoisotopic (exact) mass is 504 g/mol. The van der Waals surface area contributed by atoms with E-state index in [1.807, 2.05) is 20.1 Å². The molecule has 0 bridgehead atoms. The van der Waals surface area contributed by atoms with Gasteiger partial charge >= 0.3 is 11.9 Å². The summed E-state index contributed by atoms with van der Waals surface area (Å²) in [5.41, 5.74) is 5.97. The molecule has 0 aliphatic rings. The van der Waals surface area contributed by atoms with Crippen molar-refractivity contribution in [2.75, 3.05) is 12.0 Å². The smallest absolute Gasteiger partial charge is 0.326 e. The lowest BCUT2D eigenvalue weighted by molar-refractivity contribution is -0.144. The molecular weight excluding hydrogens is 464 g/mol. The molecule has 12 heteroatoms. The summed E-state index contributed by atoms with van der Waals surface area (Å²) in [6.45, 7) is 7.16. The minimum atomic E-state index is -1.29. The second kappa shape index (κ2) is 16.3. The molecule has 0 heterocycles. The Hall–Kier alpha value is -2.34. The van der Waals surface area contributed by atoms with Crippen LogP contribution in [-0.2, 0) is 24.0 Å². The first kappa shape index (κ1) is 31.7. The minimum absolute atomic E-state index is 0.105. The van der Waals surface area contributed by atoms with Crippen molar-refractivity contribution in [2.24, 2.45) is 17.6 Å². The van der Waals surface area contributed by atoms with Crippen LogP contribution < -0.4 is 21.7 Å². The average Bonchev–Trinajstić information content (AvgIpc) is 2.80. The van der Waals surface area contributed by atoms with Gasteiger partial charge in [-0.15, -0.1) is 0 Å². The number of nitrogens with one attached hydrogen (secondary N) is 3. The first-order valence-corrected chi connectivity index (χ1v) is 12.9. The predicted octanol–water partition coefficient (Wildman–Crippen LogP) is 0.563. The maximum Gasteiger partial charge on any atom is 0.326 e. The fourth-order valence-corrected chi connectivity index (χ4v) is 3.50. The van der Waals surface area contributed by atoms with Gasteiger partial charge in [-0.3, -0.25) is 19.2 Å². The third kappa shape index (κ3) is 11.2. The van der Waals surface area contributed by atoms with Crippen LogP contribution in [0.25, 0.3) is 0 Å². The molecule has 0 fully saturated rings. The molecule has 11 nitrogen and oxygen atoms in total. The number of nitrogens with two attached hydrogens (primary N) is 1. The van der Waals surface area contributed by atoms with E-state index < -0.39 is 60.2 Å². The molecular formula is C22H40N4O7S. The highest BCUT2D eigenvalue weighted by Gasteiger charge is 2.32. The van der Waals surface area contributed by atoms with E-state index in [2.05, 4.69) is 16.0 Å². The summed E-state index contributed by atoms with van der Waals surface area (Å²) < 4.78 is 0. The van der Waals surface area contributed by atoms with E-state index in [-0.39, 0.29) is 24.7 Å². The highest BCUT2D eigenvalue weighted by molar-refractivity contribution is 7.98. The van der Waals surface area contributed by atoms with Crippen molar-refractivity contribution < 1.29 is 34.2 Å². The Balaban J connectivity index is 5.61. The molecule has 6 unspecified atom stereocenters. The van der Waals surface area contributed by atoms with Gasteiger partial charge in [0.25, 0.3) is 0 Å². The molecule has 7 N–H and O–H groups in total. The molecule has 34 heavy (non-hydrogen) atoms. The quantitative estimate of drug-likeness (QED) is 0.164. The number of aliphatic carboxylic acids is 2. The highest BCUT2D eigenvalue weighted by Crippen LogP contribution is 2.11. The highest BCUT2D eigenvalue weighted by atomic mass is 32.2. The fourth-order valence-electron chi connectivity index (χ4n) is 3.03. The normalized spacial score (nSPS) is 16.3. The molecule has 0 rings (SSSR count). The van der Waals surface area contributed by atoms with Gasteiger partial charge in [-0.25, -0.2) is 4.79 Å². The number of carboxylic acids is 2. The molecule has 0 spiro atoms. The number of rotatable bonds is 17. The van der Waals surface area contributed by atoms with Crippen LogP contribution in [0.3, 0.4) is 0 Å². The molecule has 0 aromatic rings. The summed E-state index contributed by atoms with van der Waals surface area (Å²) in [5.74, 6) is -4.30. The first-order valence-electron chi connectivity index (χ1n) is 11.5. The van der Waals surface area contributed by atoms with Crippen LogP contribution in [0.1, 0.15) is 59.8 Å². The van der Waals surface area contributed by atoms with Gasteiger partial charge in [0.2, 0.25) is 17.7 Å². The summed E-state index contributed by atoms with van der Waals surface area (Å²) in [4.78, 5) is 61.0. The van der Waals surface area contributed by atoms with E-state index in [0.717, 1.165) is 0 Å². The van der Waals surface area contributed by atoms with E-state index >= 15 is 0 Å². The molecule has 6 atom stereocenters. The largest absolute Gasteiger partial charge is 0.481 e. The molecule has 3 amide bonds. The topological polar surface area (TPSA) is 188 Å². The number of hydrogen-bond acceptors (Lipinski definition) is 7. The number of carbonyl (C=O) groups excluding carboxylic acids is 3. The van der Waals surface area contributed by atoms with E-state index in [1.54, 1.807) is 13.8 Å². The molecule has 0 aliphatic carbocycles. The Kier molecular flexibility index (Phi) is 15.2. The van der Waals surface area contributed by atoms with Gasteiger partial charge in [0.1, 0.15) is 18.1 Å². The maximum atomic E-state index is 13.0. The maximum absolute atomic E-state index is 13.0. The van der Waals surface area contributed by atoms with Crippen molar-refractivity contribution in [1.29, 1.82) is 0 Å². The first-order chi connectivity index (χ1) is 15.9. The van der Waals surface area contributed by atoms with Gasteiger partial charge in [-0.05, 0) is 36.7 Å². The van der Waals surface area contributed by atoms with E-state index in [1.165, 1.54) is 11.8 Å². The summed E-state index contributed by atoms with van der Waals surface area (Å²) in [5, 5.41) is 26.0. The second-order valence-electron chi connectivity index (χ2n) is 8.46. The van der Waals surface area contributed by atoms with Crippen molar-refractivity contribution in [3.05, 3.63) is 0 Å². The van der Waals surface area contributed by atoms with Crippen molar-refractivity contribution >= 4 is 41.4 Å². The molecule has 0 aliphatic heterocycles. The number of carbonyl (C=O) groups is 5. The van der Waals surface area contributed by atoms with Crippen LogP contribution in [0.5, 0.6) is 0 Å². The van der Waals surface area contributed by atoms with Crippen molar-refractivity contribution in [2.45, 2.75) is 84.0 Å². The van der Waals surface area contributed by atoms with Crippen LogP contribution in [-0.4, -0.2) is 76.0 Å². The van der Waals surface area contributed by atoms with E-state index in [0.29, 0.717) is 18.6 Å². The van der Waals surface area contributed by atoms with Gasteiger partial charge in [0.15, 0.2) is 0 Å². The van der Waals surface area contributed by atoms with Gasteiger partial charge < -0.3 is 31.9 Å². The third-order valence-electron chi connectivity index (χ3n) is 5.86. The Morgan fingerprint density at radius 3 is 1.79 bits per heavy atom. The summed E-state index contributed by atoms with van der Waals surface area (Å²) in [6, 6.07) is -4.28. The SMILES string of the molecule is CCC(C)C(N)C(=O)NC(CCSC)C(=O)NC(CCC(=O)O)C(=O)NC(C(=O)O)C(C)CC. The lowest BCUT2D eigenvalue weighted by atomic mass is 9.98. The molecule has 196 valence electrons. The van der Waals surface area contributed by atoms with Crippen LogP contribution in [0, 0.1) is 11.8 Å². The van der Waals surface area contributed by atoms with Crippen LogP contribution in [0.15, 0.2) is 0 Å². The third-order valence-corrected chi connectivity index (χ3v) is 6.50. The summed E-state index contributed by atoms with van der Waals surface area (Å²) in [6.07, 6.45) is 2.61. The number of carboxylic acid groups (broad SMARTS) is 2. The average molecular weight is 505 g/mol. The standard InChI is InChI=1S/C22H40N4O7S/c1-6-12(3)17(23)21(31)25-15(10-11-34-5)19(29)24-14(8-9-16(27)28)20(30)26-18(22(32)33)13(4)7-2/h12-15,17-18H,6-11,23H2,1-5H3,(H,24,29)(H,25,31)(H,26,30)(H,27,28)(H,32,33). The van der Waals surface area contributed by atoms with Crippen LogP contribution >= 0.6 is 11.8 Å². The predicted molar refractivity (Wildman–Crippen MR) is 130 cm³/mol. The molecule has 0 saturated heterocycles. The Labute approximate surface area is 205 Å². The number of thioether (sulfide) groups is 1. The lowest BCUT2D eigenvalue weighted by Crippen LogP contribution is -2.58. The van der Waals surface area contributed by atoms with E-state index in [9.17, 15) is 29.1 Å². The lowest BCUT2D eigenvalue weighted by Gasteiger charge is -2.27. The Morgan fingerprint density at radius 2 is 1.32 bits per heavy atom. The fraction of sp³-hybridized carbons (Fsp3) is 0.773. The van der Waals surface area contributed by atoms with Gasteiger partial charge in [-0.1, -0.05) is 40.5 Å². The van der Waals surface area contributed by atoms with Crippen LogP contribution in [0.4, 0.5) is 0 Å². The second-order valence-corrected chi connectivity index (χ2v) is 9.44. The molecule has 0 aromatic heterocycles. The van der Waals surface area contributed by atoms with E-state index in [4.69, 9.17) is 10.8 Å². The summed E-state index contributed by atoms with van der Waals surface area (Å²) in [7, 11) is 0. The molecule has 0 saturated carbocycles. The van der Waals surface area contributed by atoms with Gasteiger partial charge in [0, 0.05) is 6.42 Å². The zero-order valence-electron chi connectivity index (χ0n) is 20.6. The van der Waals surface area contributed by atoms with Crippen molar-refractivity contribution in [3.63, 3.8) is 0 Å². The van der Waals surface area contributed by atoms with Gasteiger partial charge in [-0.2, -0.15) is 11.8 Å². The molecule has 0 aromatic carbocycles. The van der Waals surface area contributed by atoms with Gasteiger partial charge in [0.05, 0.1) is 6.04 Å². The van der Waals surface area contributed by atoms with Crippen molar-refractivity contribution in [3.8, 4) is 0 Å². The minimum Gasteiger partial charge on any atom is -0.481 e. The number of hydrogen-bond donors (Lipinski definition) is 6. The molecule has 0 radical (unpaired) electrons. The zero-order valence-corrected chi connectivity index (χ0v) is 21.4. The van der Waals surface area contributed by atoms with Crippen LogP contribution in [0.2, 0.25) is 0 Å². The Morgan fingerprint density at radius 1 is 0.824 bits per heavy atom. The Bertz CT molecular complexity index is 707. The number of amides is 3.